The van der Waals surface area contributed by atoms with Gasteiger partial charge in [0, 0.05) is 11.5 Å². The lowest BCUT2D eigenvalue weighted by Crippen LogP contribution is -2.29. The second-order valence-electron chi connectivity index (χ2n) is 2.57. The van der Waals surface area contributed by atoms with Crippen LogP contribution in [0.1, 0.15) is 12.8 Å². The predicted octanol–water partition coefficient (Wildman–Crippen LogP) is -0.568. The molecule has 0 aromatic carbocycles. The minimum Gasteiger partial charge on any atom is -0.397 e. The van der Waals surface area contributed by atoms with Crippen LogP contribution in [0.3, 0.4) is 0 Å². The number of hydrogen-bond acceptors (Lipinski definition) is 4. The molecule has 2 unspecified atom stereocenters. The summed E-state index contributed by atoms with van der Waals surface area (Å²) in [6.07, 6.45) is 1.41. The van der Waals surface area contributed by atoms with E-state index in [1.54, 1.807) is 0 Å². The molecule has 0 fully saturated rings. The molecule has 0 radical (unpaired) electrons. The summed E-state index contributed by atoms with van der Waals surface area (Å²) in [6, 6.07) is 0. The van der Waals surface area contributed by atoms with Crippen LogP contribution < -0.4 is 0 Å². The van der Waals surface area contributed by atoms with Crippen molar-refractivity contribution in [2.75, 3.05) is 11.5 Å². The molecule has 2 atom stereocenters. The minimum absolute atomic E-state index is 0.276. The van der Waals surface area contributed by atoms with E-state index in [2.05, 4.69) is 25.3 Å². The Morgan fingerprint density at radius 3 is 1.64 bits per heavy atom. The van der Waals surface area contributed by atoms with Gasteiger partial charge in [-0.05, 0) is 24.3 Å². The zero-order valence-electron chi connectivity index (χ0n) is 6.48. The zero-order valence-corrected chi connectivity index (χ0v) is 9.68. The first-order chi connectivity index (χ1) is 5.20. The molecule has 0 saturated heterocycles. The molecule has 0 heterocycles. The Kier molecular flexibility index (Phi) is 8.05. The highest BCUT2D eigenvalue weighted by atomic mass is 32.1. The van der Waals surface area contributed by atoms with Crippen LogP contribution in [-0.4, -0.2) is 42.7 Å². The van der Waals surface area contributed by atoms with E-state index in [0.29, 0.717) is 24.3 Å². The van der Waals surface area contributed by atoms with Crippen molar-refractivity contribution in [2.45, 2.75) is 24.3 Å². The van der Waals surface area contributed by atoms with Crippen molar-refractivity contribution in [1.29, 1.82) is 0 Å². The molecule has 0 aliphatic carbocycles. The number of aliphatic hydroxyl groups is 2. The summed E-state index contributed by atoms with van der Waals surface area (Å²) in [5.74, 6) is 1.39. The Morgan fingerprint density at radius 1 is 1.00 bits per heavy atom. The Balaban J connectivity index is 3.32. The quantitative estimate of drug-likeness (QED) is 0.352. The molecule has 0 rings (SSSR count). The van der Waals surface area contributed by atoms with Crippen molar-refractivity contribution in [3.63, 3.8) is 0 Å². The van der Waals surface area contributed by atoms with Crippen molar-refractivity contribution in [2.24, 2.45) is 0 Å². The summed E-state index contributed by atoms with van der Waals surface area (Å²) in [4.78, 5) is 0. The van der Waals surface area contributed by atoms with Gasteiger partial charge in [-0.25, -0.2) is 0 Å². The van der Waals surface area contributed by atoms with E-state index in [1.165, 1.54) is 0 Å². The molecule has 68 valence electrons. The van der Waals surface area contributed by atoms with Gasteiger partial charge in [-0.3, -0.25) is 0 Å². The van der Waals surface area contributed by atoms with E-state index in [1.807, 2.05) is 0 Å². The summed E-state index contributed by atoms with van der Waals surface area (Å²) in [7, 11) is -0.749. The molecule has 0 bridgehead atoms. The summed E-state index contributed by atoms with van der Waals surface area (Å²) in [6.45, 7) is 0. The largest absolute Gasteiger partial charge is 0.397 e. The van der Waals surface area contributed by atoms with E-state index < -0.39 is 9.52 Å². The molecule has 0 saturated carbocycles. The molecule has 5 heteroatoms. The van der Waals surface area contributed by atoms with Crippen LogP contribution in [-0.2, 0) is 0 Å². The van der Waals surface area contributed by atoms with Crippen LogP contribution >= 0.6 is 25.3 Å². The number of thiol groups is 2. The third-order valence-electron chi connectivity index (χ3n) is 1.47. The Labute approximate surface area is 81.0 Å². The normalized spacial score (nSPS) is 17.5. The monoisotopic (exact) mass is 212 g/mol. The van der Waals surface area contributed by atoms with Crippen LogP contribution in [0.15, 0.2) is 0 Å². The maximum absolute atomic E-state index is 9.27. The first-order valence-electron chi connectivity index (χ1n) is 3.78. The van der Waals surface area contributed by atoms with Crippen LogP contribution in [0.4, 0.5) is 0 Å². The third-order valence-corrected chi connectivity index (χ3v) is 3.89. The van der Waals surface area contributed by atoms with Gasteiger partial charge in [0.05, 0.1) is 9.52 Å². The maximum Gasteiger partial charge on any atom is 0.0893 e. The van der Waals surface area contributed by atoms with Gasteiger partial charge in [-0.15, -0.1) is 0 Å². The van der Waals surface area contributed by atoms with E-state index >= 15 is 0 Å². The molecule has 0 aliphatic rings. The van der Waals surface area contributed by atoms with Crippen molar-refractivity contribution in [1.82, 2.24) is 0 Å². The third kappa shape index (κ3) is 7.21. The molecule has 0 aromatic rings. The molecule has 0 aliphatic heterocycles. The van der Waals surface area contributed by atoms with Gasteiger partial charge < -0.3 is 10.2 Å². The molecule has 0 amide bonds. The van der Waals surface area contributed by atoms with Gasteiger partial charge in [0.15, 0.2) is 0 Å². The van der Waals surface area contributed by atoms with E-state index in [0.717, 1.165) is 0 Å². The van der Waals surface area contributed by atoms with E-state index in [-0.39, 0.29) is 11.5 Å². The summed E-state index contributed by atoms with van der Waals surface area (Å²) < 4.78 is 0. The van der Waals surface area contributed by atoms with Crippen molar-refractivity contribution < 1.29 is 10.2 Å². The highest BCUT2D eigenvalue weighted by Crippen LogP contribution is 1.98. The molecule has 2 nitrogen and oxygen atoms in total. The Morgan fingerprint density at radius 2 is 1.36 bits per heavy atom. The van der Waals surface area contributed by atoms with E-state index in [4.69, 9.17) is 0 Å². The first kappa shape index (κ1) is 11.8. The van der Waals surface area contributed by atoms with Crippen LogP contribution in [0.5, 0.6) is 0 Å². The lowest BCUT2D eigenvalue weighted by atomic mass is 10.5. The van der Waals surface area contributed by atoms with Gasteiger partial charge in [0.25, 0.3) is 0 Å². The lowest BCUT2D eigenvalue weighted by Gasteiger charge is -2.12. The fourth-order valence-electron chi connectivity index (χ4n) is 0.848. The van der Waals surface area contributed by atoms with Crippen molar-refractivity contribution in [3.05, 3.63) is 0 Å². The minimum atomic E-state index is -0.749. The molecular formula is C6H16O2S2Si. The van der Waals surface area contributed by atoms with Gasteiger partial charge in [0.1, 0.15) is 0 Å². The van der Waals surface area contributed by atoms with Crippen LogP contribution in [0.25, 0.3) is 0 Å². The summed E-state index contributed by atoms with van der Waals surface area (Å²) >= 11 is 8.00. The number of hydrogen-bond donors (Lipinski definition) is 4. The second-order valence-corrected chi connectivity index (χ2v) is 5.82. The molecule has 0 aromatic heterocycles. The highest BCUT2D eigenvalue weighted by molar-refractivity contribution is 7.80. The lowest BCUT2D eigenvalue weighted by molar-refractivity contribution is 0.211. The second kappa shape index (κ2) is 7.48. The molecule has 11 heavy (non-hydrogen) atoms. The standard InChI is InChI=1S/C6H16O2S2Si/c7-5(1-3-9)11-6(8)2-4-10/h5-10H,1-4,11H2. The topological polar surface area (TPSA) is 40.5 Å². The van der Waals surface area contributed by atoms with Crippen molar-refractivity contribution >= 4 is 34.8 Å². The Bertz CT molecular complexity index is 84.7. The fraction of sp³-hybridized carbons (Fsp3) is 1.00. The van der Waals surface area contributed by atoms with Gasteiger partial charge in [0.2, 0.25) is 0 Å². The molecular weight excluding hydrogens is 196 g/mol. The Hall–Kier alpha value is 0.837. The number of rotatable bonds is 6. The number of aliphatic hydroxyl groups excluding tert-OH is 2. The zero-order chi connectivity index (χ0) is 8.69. The van der Waals surface area contributed by atoms with E-state index in [9.17, 15) is 10.2 Å². The fourth-order valence-corrected chi connectivity index (χ4v) is 3.64. The average Bonchev–Trinajstić information content (AvgIpc) is 1.87. The summed E-state index contributed by atoms with van der Waals surface area (Å²) in [5, 5.41) is 18.5. The van der Waals surface area contributed by atoms with Crippen molar-refractivity contribution in [3.8, 4) is 0 Å². The maximum atomic E-state index is 9.27. The van der Waals surface area contributed by atoms with Gasteiger partial charge in [-0.1, -0.05) is 0 Å². The molecule has 0 spiro atoms. The average molecular weight is 212 g/mol. The van der Waals surface area contributed by atoms with Gasteiger partial charge >= 0.3 is 0 Å². The van der Waals surface area contributed by atoms with Crippen LogP contribution in [0, 0.1) is 0 Å². The van der Waals surface area contributed by atoms with Gasteiger partial charge in [-0.2, -0.15) is 25.3 Å². The first-order valence-corrected chi connectivity index (χ1v) is 6.68. The van der Waals surface area contributed by atoms with Crippen LogP contribution in [0.2, 0.25) is 0 Å². The predicted molar refractivity (Wildman–Crippen MR) is 57.5 cm³/mol. The SMILES string of the molecule is OC(CCS)[SiH2]C(O)CCS. The highest BCUT2D eigenvalue weighted by Gasteiger charge is 2.10. The summed E-state index contributed by atoms with van der Waals surface area (Å²) in [5.41, 5.74) is -0.551. The smallest absolute Gasteiger partial charge is 0.0893 e. The molecule has 2 N–H and O–H groups in total.